The Balaban J connectivity index is 2.98. The van der Waals surface area contributed by atoms with Crippen molar-refractivity contribution < 1.29 is 8.78 Å². The minimum absolute atomic E-state index is 0.0186. The van der Waals surface area contributed by atoms with Gasteiger partial charge >= 0.3 is 0 Å². The standard InChI is InChI=1S/C12H17F2N/c1-8(15)12(2,3)10-6-4-9(5-7-10)11(13)14/h4-8,11H,15H2,1-3H3. The molecule has 1 unspecified atom stereocenters. The summed E-state index contributed by atoms with van der Waals surface area (Å²) in [5, 5.41) is 0. The molecule has 0 aliphatic rings. The van der Waals surface area contributed by atoms with E-state index < -0.39 is 6.43 Å². The van der Waals surface area contributed by atoms with Crippen molar-refractivity contribution in [3.63, 3.8) is 0 Å². The zero-order chi connectivity index (χ0) is 11.6. The molecule has 0 saturated carbocycles. The molecule has 2 N–H and O–H groups in total. The molecule has 1 nitrogen and oxygen atoms in total. The van der Waals surface area contributed by atoms with Crippen LogP contribution in [0, 0.1) is 0 Å². The molecular weight excluding hydrogens is 196 g/mol. The van der Waals surface area contributed by atoms with Gasteiger partial charge in [-0.05, 0) is 12.5 Å². The van der Waals surface area contributed by atoms with Crippen molar-refractivity contribution in [2.45, 2.75) is 38.7 Å². The molecule has 0 heterocycles. The molecule has 0 fully saturated rings. The fourth-order valence-corrected chi connectivity index (χ4v) is 1.32. The Kier molecular flexibility index (Phi) is 3.45. The van der Waals surface area contributed by atoms with Crippen molar-refractivity contribution in [1.29, 1.82) is 0 Å². The van der Waals surface area contributed by atoms with E-state index in [1.54, 1.807) is 12.1 Å². The lowest BCUT2D eigenvalue weighted by atomic mass is 9.79. The van der Waals surface area contributed by atoms with Gasteiger partial charge in [-0.2, -0.15) is 0 Å². The Hall–Kier alpha value is -0.960. The van der Waals surface area contributed by atoms with Gasteiger partial charge in [0.15, 0.2) is 0 Å². The van der Waals surface area contributed by atoms with Crippen molar-refractivity contribution in [3.05, 3.63) is 35.4 Å². The topological polar surface area (TPSA) is 26.0 Å². The maximum atomic E-state index is 12.3. The first-order valence-corrected chi connectivity index (χ1v) is 5.00. The third-order valence-corrected chi connectivity index (χ3v) is 3.05. The lowest BCUT2D eigenvalue weighted by molar-refractivity contribution is 0.151. The van der Waals surface area contributed by atoms with Crippen LogP contribution >= 0.6 is 0 Å². The van der Waals surface area contributed by atoms with Crippen LogP contribution in [0.5, 0.6) is 0 Å². The number of alkyl halides is 2. The molecule has 0 aromatic heterocycles. The summed E-state index contributed by atoms with van der Waals surface area (Å²) in [6.45, 7) is 5.94. The molecule has 0 aliphatic carbocycles. The number of halogens is 2. The first-order chi connectivity index (χ1) is 6.85. The van der Waals surface area contributed by atoms with Crippen LogP contribution < -0.4 is 5.73 Å². The smallest absolute Gasteiger partial charge is 0.263 e. The van der Waals surface area contributed by atoms with E-state index in [4.69, 9.17) is 5.73 Å². The average molecular weight is 213 g/mol. The molecular formula is C12H17F2N. The van der Waals surface area contributed by atoms with E-state index in [0.717, 1.165) is 5.56 Å². The van der Waals surface area contributed by atoms with Gasteiger partial charge in [-0.3, -0.25) is 0 Å². The highest BCUT2D eigenvalue weighted by molar-refractivity contribution is 5.29. The molecule has 1 aromatic carbocycles. The van der Waals surface area contributed by atoms with Gasteiger partial charge in [0, 0.05) is 17.0 Å². The second kappa shape index (κ2) is 4.27. The van der Waals surface area contributed by atoms with Crippen LogP contribution in [0.4, 0.5) is 8.78 Å². The first kappa shape index (κ1) is 12.1. The van der Waals surface area contributed by atoms with Gasteiger partial charge in [0.1, 0.15) is 0 Å². The highest BCUT2D eigenvalue weighted by atomic mass is 19.3. The predicted octanol–water partition coefficient (Wildman–Crippen LogP) is 3.25. The van der Waals surface area contributed by atoms with Crippen LogP contribution in [-0.4, -0.2) is 6.04 Å². The number of benzene rings is 1. The minimum atomic E-state index is -2.41. The fraction of sp³-hybridized carbons (Fsp3) is 0.500. The average Bonchev–Trinajstić information content (AvgIpc) is 2.17. The van der Waals surface area contributed by atoms with E-state index in [2.05, 4.69) is 0 Å². The normalized spacial score (nSPS) is 14.3. The number of hydrogen-bond donors (Lipinski definition) is 1. The summed E-state index contributed by atoms with van der Waals surface area (Å²) in [4.78, 5) is 0. The second-order valence-corrected chi connectivity index (χ2v) is 4.43. The van der Waals surface area contributed by atoms with Gasteiger partial charge in [0.2, 0.25) is 0 Å². The molecule has 0 aliphatic heterocycles. The highest BCUT2D eigenvalue weighted by Gasteiger charge is 2.25. The maximum Gasteiger partial charge on any atom is 0.263 e. The molecule has 0 amide bonds. The quantitative estimate of drug-likeness (QED) is 0.819. The second-order valence-electron chi connectivity index (χ2n) is 4.43. The summed E-state index contributed by atoms with van der Waals surface area (Å²) >= 11 is 0. The summed E-state index contributed by atoms with van der Waals surface area (Å²) in [6, 6.07) is 6.36. The third-order valence-electron chi connectivity index (χ3n) is 3.05. The summed E-state index contributed by atoms with van der Waals surface area (Å²) in [5.74, 6) is 0. The Labute approximate surface area is 89.3 Å². The molecule has 84 valence electrons. The fourth-order valence-electron chi connectivity index (χ4n) is 1.32. The van der Waals surface area contributed by atoms with Crippen molar-refractivity contribution in [2.24, 2.45) is 5.73 Å². The molecule has 0 bridgehead atoms. The van der Waals surface area contributed by atoms with Crippen LogP contribution in [0.25, 0.3) is 0 Å². The van der Waals surface area contributed by atoms with Gasteiger partial charge < -0.3 is 5.73 Å². The Bertz CT molecular complexity index is 315. The largest absolute Gasteiger partial charge is 0.327 e. The predicted molar refractivity (Wildman–Crippen MR) is 58.1 cm³/mol. The van der Waals surface area contributed by atoms with Crippen molar-refractivity contribution >= 4 is 0 Å². The Morgan fingerprint density at radius 3 is 1.93 bits per heavy atom. The third kappa shape index (κ3) is 2.53. The van der Waals surface area contributed by atoms with E-state index >= 15 is 0 Å². The number of nitrogens with two attached hydrogens (primary N) is 1. The van der Waals surface area contributed by atoms with E-state index in [-0.39, 0.29) is 17.0 Å². The van der Waals surface area contributed by atoms with E-state index in [1.165, 1.54) is 12.1 Å². The molecule has 0 spiro atoms. The molecule has 0 radical (unpaired) electrons. The minimum Gasteiger partial charge on any atom is -0.327 e. The van der Waals surface area contributed by atoms with Crippen LogP contribution in [-0.2, 0) is 5.41 Å². The zero-order valence-corrected chi connectivity index (χ0v) is 9.30. The molecule has 0 saturated heterocycles. The molecule has 1 rings (SSSR count). The van der Waals surface area contributed by atoms with E-state index in [0.29, 0.717) is 0 Å². The zero-order valence-electron chi connectivity index (χ0n) is 9.30. The van der Waals surface area contributed by atoms with Gasteiger partial charge in [-0.15, -0.1) is 0 Å². The number of hydrogen-bond acceptors (Lipinski definition) is 1. The van der Waals surface area contributed by atoms with Gasteiger partial charge in [0.05, 0.1) is 0 Å². The van der Waals surface area contributed by atoms with Crippen LogP contribution in [0.2, 0.25) is 0 Å². The molecule has 3 heteroatoms. The van der Waals surface area contributed by atoms with Crippen LogP contribution in [0.1, 0.15) is 38.3 Å². The van der Waals surface area contributed by atoms with Crippen molar-refractivity contribution in [2.75, 3.05) is 0 Å². The summed E-state index contributed by atoms with van der Waals surface area (Å²) < 4.78 is 24.7. The van der Waals surface area contributed by atoms with Gasteiger partial charge in [-0.1, -0.05) is 38.1 Å². The Morgan fingerprint density at radius 1 is 1.13 bits per heavy atom. The Morgan fingerprint density at radius 2 is 1.60 bits per heavy atom. The molecule has 15 heavy (non-hydrogen) atoms. The first-order valence-electron chi connectivity index (χ1n) is 5.00. The highest BCUT2D eigenvalue weighted by Crippen LogP contribution is 2.28. The number of rotatable bonds is 3. The lowest BCUT2D eigenvalue weighted by Gasteiger charge is -2.29. The monoisotopic (exact) mass is 213 g/mol. The van der Waals surface area contributed by atoms with Crippen LogP contribution in [0.3, 0.4) is 0 Å². The lowest BCUT2D eigenvalue weighted by Crippen LogP contribution is -2.38. The molecule has 1 atom stereocenters. The van der Waals surface area contributed by atoms with Crippen molar-refractivity contribution in [1.82, 2.24) is 0 Å². The van der Waals surface area contributed by atoms with Gasteiger partial charge in [-0.25, -0.2) is 8.78 Å². The summed E-state index contributed by atoms with van der Waals surface area (Å²) in [7, 11) is 0. The van der Waals surface area contributed by atoms with E-state index in [1.807, 2.05) is 20.8 Å². The summed E-state index contributed by atoms with van der Waals surface area (Å²) in [5.41, 5.74) is 6.70. The van der Waals surface area contributed by atoms with E-state index in [9.17, 15) is 8.78 Å². The van der Waals surface area contributed by atoms with Crippen LogP contribution in [0.15, 0.2) is 24.3 Å². The maximum absolute atomic E-state index is 12.3. The van der Waals surface area contributed by atoms with Crippen molar-refractivity contribution in [3.8, 4) is 0 Å². The SMILES string of the molecule is CC(N)C(C)(C)c1ccc(C(F)F)cc1. The summed E-state index contributed by atoms with van der Waals surface area (Å²) in [6.07, 6.45) is -2.41. The molecule has 1 aromatic rings. The van der Waals surface area contributed by atoms with Gasteiger partial charge in [0.25, 0.3) is 6.43 Å².